The molecule has 19 heavy (non-hydrogen) atoms. The first-order valence-electron chi connectivity index (χ1n) is 6.14. The molecule has 0 fully saturated rings. The van der Waals surface area contributed by atoms with Crippen molar-refractivity contribution in [2.24, 2.45) is 5.73 Å². The number of hydrogen-bond donors (Lipinski definition) is 2. The van der Waals surface area contributed by atoms with Crippen LogP contribution in [0.15, 0.2) is 36.5 Å². The molecule has 0 saturated heterocycles. The third kappa shape index (κ3) is 2.98. The van der Waals surface area contributed by atoms with Crippen LogP contribution in [0.1, 0.15) is 27.2 Å². The zero-order chi connectivity index (χ0) is 13.8. The van der Waals surface area contributed by atoms with Crippen LogP contribution in [0.25, 0.3) is 0 Å². The van der Waals surface area contributed by atoms with Crippen molar-refractivity contribution in [3.8, 4) is 0 Å². The van der Waals surface area contributed by atoms with Crippen molar-refractivity contribution in [1.29, 1.82) is 0 Å². The van der Waals surface area contributed by atoms with Crippen LogP contribution < -0.4 is 11.1 Å². The van der Waals surface area contributed by atoms with Gasteiger partial charge in [-0.15, -0.1) is 0 Å². The highest BCUT2D eigenvalue weighted by Gasteiger charge is 2.11. The van der Waals surface area contributed by atoms with E-state index in [4.69, 9.17) is 5.73 Å². The van der Waals surface area contributed by atoms with E-state index >= 15 is 0 Å². The largest absolute Gasteiger partial charge is 0.326 e. The van der Waals surface area contributed by atoms with Gasteiger partial charge in [0.15, 0.2) is 0 Å². The molecule has 1 aromatic heterocycles. The van der Waals surface area contributed by atoms with Crippen LogP contribution in [0.2, 0.25) is 0 Å². The fraction of sp³-hybridized carbons (Fsp3) is 0.200. The summed E-state index contributed by atoms with van der Waals surface area (Å²) in [6.45, 7) is 4.32. The SMILES string of the molecule is Cc1cccc(C)c1NC(=O)c1cc(CN)ccn1. The second-order valence-corrected chi connectivity index (χ2v) is 4.47. The maximum absolute atomic E-state index is 12.2. The molecule has 4 nitrogen and oxygen atoms in total. The van der Waals surface area contributed by atoms with Gasteiger partial charge in [-0.1, -0.05) is 18.2 Å². The Morgan fingerprint density at radius 2 is 1.95 bits per heavy atom. The van der Waals surface area contributed by atoms with Crippen molar-refractivity contribution >= 4 is 11.6 Å². The van der Waals surface area contributed by atoms with Crippen molar-refractivity contribution in [3.05, 3.63) is 58.9 Å². The number of nitrogens with two attached hydrogens (primary N) is 1. The number of aromatic nitrogens is 1. The van der Waals surface area contributed by atoms with Crippen molar-refractivity contribution in [2.45, 2.75) is 20.4 Å². The number of nitrogens with one attached hydrogen (secondary N) is 1. The number of benzene rings is 1. The molecular weight excluding hydrogens is 238 g/mol. The molecule has 2 rings (SSSR count). The van der Waals surface area contributed by atoms with E-state index in [1.165, 1.54) is 0 Å². The maximum atomic E-state index is 12.2. The molecule has 0 spiro atoms. The summed E-state index contributed by atoms with van der Waals surface area (Å²) < 4.78 is 0. The van der Waals surface area contributed by atoms with Crippen molar-refractivity contribution in [3.63, 3.8) is 0 Å². The van der Waals surface area contributed by atoms with E-state index in [0.717, 1.165) is 22.4 Å². The number of aryl methyl sites for hydroxylation is 2. The van der Waals surface area contributed by atoms with E-state index in [1.54, 1.807) is 18.3 Å². The minimum Gasteiger partial charge on any atom is -0.326 e. The van der Waals surface area contributed by atoms with E-state index < -0.39 is 0 Å². The molecule has 0 radical (unpaired) electrons. The molecule has 0 atom stereocenters. The lowest BCUT2D eigenvalue weighted by Gasteiger charge is -2.11. The van der Waals surface area contributed by atoms with Gasteiger partial charge in [-0.25, -0.2) is 0 Å². The molecular formula is C15H17N3O. The summed E-state index contributed by atoms with van der Waals surface area (Å²) in [5, 5.41) is 2.90. The van der Waals surface area contributed by atoms with Gasteiger partial charge in [-0.3, -0.25) is 9.78 Å². The molecule has 3 N–H and O–H groups in total. The highest BCUT2D eigenvalue weighted by atomic mass is 16.1. The molecule has 4 heteroatoms. The zero-order valence-electron chi connectivity index (χ0n) is 11.1. The summed E-state index contributed by atoms with van der Waals surface area (Å²) in [7, 11) is 0. The minimum atomic E-state index is -0.215. The van der Waals surface area contributed by atoms with Gasteiger partial charge in [0, 0.05) is 18.4 Å². The van der Waals surface area contributed by atoms with E-state index in [-0.39, 0.29) is 5.91 Å². The number of rotatable bonds is 3. The number of nitrogens with zero attached hydrogens (tertiary/aromatic N) is 1. The summed E-state index contributed by atoms with van der Waals surface area (Å²) in [5.74, 6) is -0.215. The molecule has 0 aliphatic rings. The Kier molecular flexibility index (Phi) is 3.92. The number of carbonyl (C=O) groups excluding carboxylic acids is 1. The monoisotopic (exact) mass is 255 g/mol. The van der Waals surface area contributed by atoms with Crippen molar-refractivity contribution in [1.82, 2.24) is 4.98 Å². The predicted octanol–water partition coefficient (Wildman–Crippen LogP) is 2.41. The first-order valence-corrected chi connectivity index (χ1v) is 6.14. The zero-order valence-corrected chi connectivity index (χ0v) is 11.1. The van der Waals surface area contributed by atoms with E-state index in [2.05, 4.69) is 10.3 Å². The second kappa shape index (κ2) is 5.63. The van der Waals surface area contributed by atoms with Crippen LogP contribution in [0, 0.1) is 13.8 Å². The Labute approximate surface area is 112 Å². The second-order valence-electron chi connectivity index (χ2n) is 4.47. The summed E-state index contributed by atoms with van der Waals surface area (Å²) in [6, 6.07) is 9.41. The highest BCUT2D eigenvalue weighted by molar-refractivity contribution is 6.03. The summed E-state index contributed by atoms with van der Waals surface area (Å²) >= 11 is 0. The first kappa shape index (κ1) is 13.2. The Bertz CT molecular complexity index is 588. The van der Waals surface area contributed by atoms with Gasteiger partial charge >= 0.3 is 0 Å². The van der Waals surface area contributed by atoms with Crippen LogP contribution >= 0.6 is 0 Å². The van der Waals surface area contributed by atoms with Crippen LogP contribution in [0.4, 0.5) is 5.69 Å². The Balaban J connectivity index is 2.25. The minimum absolute atomic E-state index is 0.215. The van der Waals surface area contributed by atoms with Gasteiger partial charge in [0.05, 0.1) is 0 Å². The van der Waals surface area contributed by atoms with Crippen LogP contribution in [-0.4, -0.2) is 10.9 Å². The molecule has 1 aromatic carbocycles. The molecule has 98 valence electrons. The number of hydrogen-bond acceptors (Lipinski definition) is 3. The molecule has 0 aliphatic heterocycles. The van der Waals surface area contributed by atoms with Crippen molar-refractivity contribution < 1.29 is 4.79 Å². The molecule has 1 heterocycles. The van der Waals surface area contributed by atoms with Crippen LogP contribution in [-0.2, 0) is 6.54 Å². The smallest absolute Gasteiger partial charge is 0.274 e. The Hall–Kier alpha value is -2.20. The average Bonchev–Trinajstić information content (AvgIpc) is 2.43. The average molecular weight is 255 g/mol. The van der Waals surface area contributed by atoms with E-state index in [1.807, 2.05) is 32.0 Å². The first-order chi connectivity index (χ1) is 9.11. The summed E-state index contributed by atoms with van der Waals surface area (Å²) in [6.07, 6.45) is 1.60. The Morgan fingerprint density at radius 3 is 2.58 bits per heavy atom. The fourth-order valence-electron chi connectivity index (χ4n) is 1.91. The lowest BCUT2D eigenvalue weighted by Crippen LogP contribution is -2.16. The van der Waals surface area contributed by atoms with Gasteiger partial charge in [-0.2, -0.15) is 0 Å². The standard InChI is InChI=1S/C15H17N3O/c1-10-4-3-5-11(2)14(10)18-15(19)13-8-12(9-16)6-7-17-13/h3-8H,9,16H2,1-2H3,(H,18,19). The van der Waals surface area contributed by atoms with E-state index in [9.17, 15) is 4.79 Å². The molecule has 1 amide bonds. The number of anilines is 1. The van der Waals surface area contributed by atoms with Crippen molar-refractivity contribution in [2.75, 3.05) is 5.32 Å². The van der Waals surface area contributed by atoms with Crippen LogP contribution in [0.5, 0.6) is 0 Å². The molecule has 0 saturated carbocycles. The lowest BCUT2D eigenvalue weighted by atomic mass is 10.1. The van der Waals surface area contributed by atoms with Gasteiger partial charge in [-0.05, 0) is 42.7 Å². The number of para-hydroxylation sites is 1. The quantitative estimate of drug-likeness (QED) is 0.885. The van der Waals surface area contributed by atoms with Gasteiger partial charge in [0.1, 0.15) is 5.69 Å². The number of carbonyl (C=O) groups is 1. The fourth-order valence-corrected chi connectivity index (χ4v) is 1.91. The molecule has 0 bridgehead atoms. The summed E-state index contributed by atoms with van der Waals surface area (Å²) in [4.78, 5) is 16.2. The highest BCUT2D eigenvalue weighted by Crippen LogP contribution is 2.20. The lowest BCUT2D eigenvalue weighted by molar-refractivity contribution is 0.102. The number of amides is 1. The normalized spacial score (nSPS) is 10.3. The van der Waals surface area contributed by atoms with Crippen LogP contribution in [0.3, 0.4) is 0 Å². The predicted molar refractivity (Wildman–Crippen MR) is 76.0 cm³/mol. The molecule has 0 unspecified atom stereocenters. The Morgan fingerprint density at radius 1 is 1.26 bits per heavy atom. The van der Waals surface area contributed by atoms with E-state index in [0.29, 0.717) is 12.2 Å². The maximum Gasteiger partial charge on any atom is 0.274 e. The molecule has 0 aliphatic carbocycles. The molecule has 2 aromatic rings. The third-order valence-corrected chi connectivity index (χ3v) is 3.01. The van der Waals surface area contributed by atoms with Gasteiger partial charge in [0.25, 0.3) is 5.91 Å². The third-order valence-electron chi connectivity index (χ3n) is 3.01. The van der Waals surface area contributed by atoms with Gasteiger partial charge < -0.3 is 11.1 Å². The number of pyridine rings is 1. The summed E-state index contributed by atoms with van der Waals surface area (Å²) in [5.41, 5.74) is 9.73. The topological polar surface area (TPSA) is 68.0 Å². The van der Waals surface area contributed by atoms with Gasteiger partial charge in [0.2, 0.25) is 0 Å².